The minimum Gasteiger partial charge on any atom is -0.408 e. The third-order valence-electron chi connectivity index (χ3n) is 2.73. The molecule has 1 unspecified atom stereocenters. The maximum atomic E-state index is 11.5. The second-order valence-electron chi connectivity index (χ2n) is 3.72. The van der Waals surface area contributed by atoms with Crippen molar-refractivity contribution in [3.8, 4) is 0 Å². The predicted molar refractivity (Wildman–Crippen MR) is 65.0 cm³/mol. The molecule has 1 aromatic carbocycles. The van der Waals surface area contributed by atoms with Crippen LogP contribution in [0.15, 0.2) is 27.4 Å². The first-order valence-corrected chi connectivity index (χ1v) is 5.88. The molecule has 0 radical (unpaired) electrons. The van der Waals surface area contributed by atoms with Gasteiger partial charge < -0.3 is 4.42 Å². The van der Waals surface area contributed by atoms with E-state index < -0.39 is 0 Å². The van der Waals surface area contributed by atoms with Gasteiger partial charge in [0.2, 0.25) is 0 Å². The van der Waals surface area contributed by atoms with Crippen molar-refractivity contribution in [1.29, 1.82) is 0 Å². The number of aryl methyl sites for hydroxylation is 1. The Labute approximate surface area is 98.6 Å². The summed E-state index contributed by atoms with van der Waals surface area (Å²) >= 11 is 6.14. The number of benzene rings is 1. The number of hydrogen-bond donors (Lipinski definition) is 0. The summed E-state index contributed by atoms with van der Waals surface area (Å²) in [6, 6.07) is 5.69. The molecular formula is C12H14ClNO2. The summed E-state index contributed by atoms with van der Waals surface area (Å²) in [5.41, 5.74) is 2.44. The van der Waals surface area contributed by atoms with E-state index >= 15 is 0 Å². The molecule has 0 aliphatic heterocycles. The SMILES string of the molecule is CCC(Cl)c1ccc2c(c1)oc(=O)n2CC. The van der Waals surface area contributed by atoms with Gasteiger partial charge in [-0.3, -0.25) is 4.57 Å². The molecule has 0 spiro atoms. The first-order chi connectivity index (χ1) is 7.67. The number of alkyl halides is 1. The molecule has 0 aliphatic rings. The third-order valence-corrected chi connectivity index (χ3v) is 3.29. The highest BCUT2D eigenvalue weighted by atomic mass is 35.5. The molecule has 86 valence electrons. The molecule has 2 rings (SSSR count). The topological polar surface area (TPSA) is 35.1 Å². The third kappa shape index (κ3) is 1.76. The second-order valence-corrected chi connectivity index (χ2v) is 4.24. The van der Waals surface area contributed by atoms with E-state index in [0.29, 0.717) is 12.1 Å². The Morgan fingerprint density at radius 3 is 2.81 bits per heavy atom. The second kappa shape index (κ2) is 4.34. The zero-order chi connectivity index (χ0) is 11.7. The number of nitrogens with zero attached hydrogens (tertiary/aromatic N) is 1. The van der Waals surface area contributed by atoms with Crippen molar-refractivity contribution in [3.63, 3.8) is 0 Å². The summed E-state index contributed by atoms with van der Waals surface area (Å²) in [4.78, 5) is 11.5. The van der Waals surface area contributed by atoms with Crippen molar-refractivity contribution < 1.29 is 4.42 Å². The van der Waals surface area contributed by atoms with Gasteiger partial charge in [-0.2, -0.15) is 0 Å². The monoisotopic (exact) mass is 239 g/mol. The van der Waals surface area contributed by atoms with Crippen LogP contribution in [0.4, 0.5) is 0 Å². The van der Waals surface area contributed by atoms with E-state index in [1.165, 1.54) is 0 Å². The van der Waals surface area contributed by atoms with E-state index in [-0.39, 0.29) is 11.1 Å². The fourth-order valence-electron chi connectivity index (χ4n) is 1.81. The quantitative estimate of drug-likeness (QED) is 0.771. The Morgan fingerprint density at radius 1 is 1.44 bits per heavy atom. The number of rotatable bonds is 3. The van der Waals surface area contributed by atoms with Crippen LogP contribution >= 0.6 is 11.6 Å². The average molecular weight is 240 g/mol. The van der Waals surface area contributed by atoms with Crippen LogP contribution in [0.25, 0.3) is 11.1 Å². The van der Waals surface area contributed by atoms with E-state index in [1.807, 2.05) is 32.0 Å². The zero-order valence-electron chi connectivity index (χ0n) is 9.37. The molecule has 2 aromatic rings. The van der Waals surface area contributed by atoms with Crippen molar-refractivity contribution in [1.82, 2.24) is 4.57 Å². The molecule has 16 heavy (non-hydrogen) atoms. The number of oxazole rings is 1. The van der Waals surface area contributed by atoms with Gasteiger partial charge in [-0.25, -0.2) is 4.79 Å². The van der Waals surface area contributed by atoms with E-state index in [9.17, 15) is 4.79 Å². The largest absolute Gasteiger partial charge is 0.419 e. The van der Waals surface area contributed by atoms with Crippen molar-refractivity contribution in [2.45, 2.75) is 32.2 Å². The van der Waals surface area contributed by atoms with Crippen LogP contribution in [0.2, 0.25) is 0 Å². The smallest absolute Gasteiger partial charge is 0.408 e. The Balaban J connectivity index is 2.60. The summed E-state index contributed by atoms with van der Waals surface area (Å²) < 4.78 is 6.78. The van der Waals surface area contributed by atoms with E-state index in [0.717, 1.165) is 17.5 Å². The van der Waals surface area contributed by atoms with Gasteiger partial charge in [0.05, 0.1) is 10.9 Å². The van der Waals surface area contributed by atoms with Crippen LogP contribution in [0.1, 0.15) is 31.2 Å². The van der Waals surface area contributed by atoms with Gasteiger partial charge in [-0.05, 0) is 31.0 Å². The standard InChI is InChI=1S/C12H14ClNO2/c1-3-9(13)8-5-6-10-11(7-8)16-12(15)14(10)4-2/h5-7,9H,3-4H2,1-2H3. The lowest BCUT2D eigenvalue weighted by atomic mass is 10.1. The molecule has 1 atom stereocenters. The molecule has 0 bridgehead atoms. The molecule has 3 nitrogen and oxygen atoms in total. The minimum absolute atomic E-state index is 0.0281. The molecule has 1 heterocycles. The van der Waals surface area contributed by atoms with Crippen LogP contribution in [-0.2, 0) is 6.54 Å². The van der Waals surface area contributed by atoms with Crippen LogP contribution in [0.3, 0.4) is 0 Å². The molecular weight excluding hydrogens is 226 g/mol. The number of fused-ring (bicyclic) bond motifs is 1. The molecule has 0 N–H and O–H groups in total. The molecule has 1 aromatic heterocycles. The average Bonchev–Trinajstić information content (AvgIpc) is 2.62. The minimum atomic E-state index is -0.308. The highest BCUT2D eigenvalue weighted by molar-refractivity contribution is 6.20. The van der Waals surface area contributed by atoms with Gasteiger partial charge in [0.25, 0.3) is 0 Å². The number of hydrogen-bond acceptors (Lipinski definition) is 2. The molecule has 0 fully saturated rings. The summed E-state index contributed by atoms with van der Waals surface area (Å²) in [5, 5.41) is -0.0281. The highest BCUT2D eigenvalue weighted by Crippen LogP contribution is 2.26. The molecule has 4 heteroatoms. The summed E-state index contributed by atoms with van der Waals surface area (Å²) in [6.45, 7) is 4.55. The van der Waals surface area contributed by atoms with Gasteiger partial charge in [0, 0.05) is 6.54 Å². The summed E-state index contributed by atoms with van der Waals surface area (Å²) in [6.07, 6.45) is 0.853. The Bertz CT molecular complexity index is 556. The Hall–Kier alpha value is -1.22. The van der Waals surface area contributed by atoms with Crippen LogP contribution in [-0.4, -0.2) is 4.57 Å². The first-order valence-electron chi connectivity index (χ1n) is 5.44. The van der Waals surface area contributed by atoms with Crippen molar-refractivity contribution in [2.75, 3.05) is 0 Å². The van der Waals surface area contributed by atoms with Crippen LogP contribution < -0.4 is 5.76 Å². The Kier molecular flexibility index (Phi) is 3.06. The van der Waals surface area contributed by atoms with Gasteiger partial charge in [-0.15, -0.1) is 11.6 Å². The lowest BCUT2D eigenvalue weighted by molar-refractivity contribution is 0.513. The first kappa shape index (κ1) is 11.3. The van der Waals surface area contributed by atoms with Crippen molar-refractivity contribution >= 4 is 22.7 Å². The maximum Gasteiger partial charge on any atom is 0.419 e. The predicted octanol–water partition coefficient (Wildman–Crippen LogP) is 3.30. The van der Waals surface area contributed by atoms with E-state index in [4.69, 9.17) is 16.0 Å². The van der Waals surface area contributed by atoms with E-state index in [1.54, 1.807) is 4.57 Å². The molecule has 0 saturated carbocycles. The normalized spacial score (nSPS) is 13.2. The van der Waals surface area contributed by atoms with Gasteiger partial charge in [0.15, 0.2) is 5.58 Å². The lowest BCUT2D eigenvalue weighted by Crippen LogP contribution is -2.11. The zero-order valence-corrected chi connectivity index (χ0v) is 10.1. The molecule has 0 saturated heterocycles. The van der Waals surface area contributed by atoms with Crippen molar-refractivity contribution in [2.24, 2.45) is 0 Å². The summed E-state index contributed by atoms with van der Waals surface area (Å²) in [7, 11) is 0. The van der Waals surface area contributed by atoms with Gasteiger partial charge >= 0.3 is 5.76 Å². The van der Waals surface area contributed by atoms with E-state index in [2.05, 4.69) is 0 Å². The fraction of sp³-hybridized carbons (Fsp3) is 0.417. The highest BCUT2D eigenvalue weighted by Gasteiger charge is 2.11. The van der Waals surface area contributed by atoms with Gasteiger partial charge in [-0.1, -0.05) is 13.0 Å². The Morgan fingerprint density at radius 2 is 2.19 bits per heavy atom. The lowest BCUT2D eigenvalue weighted by Gasteiger charge is -2.05. The van der Waals surface area contributed by atoms with Crippen LogP contribution in [0.5, 0.6) is 0 Å². The van der Waals surface area contributed by atoms with Crippen molar-refractivity contribution in [3.05, 3.63) is 34.3 Å². The molecule has 0 aliphatic carbocycles. The number of halogens is 1. The van der Waals surface area contributed by atoms with Crippen LogP contribution in [0, 0.1) is 0 Å². The number of aromatic nitrogens is 1. The fourth-order valence-corrected chi connectivity index (χ4v) is 1.95. The van der Waals surface area contributed by atoms with Gasteiger partial charge in [0.1, 0.15) is 0 Å². The molecule has 0 amide bonds. The maximum absolute atomic E-state index is 11.5. The summed E-state index contributed by atoms with van der Waals surface area (Å²) in [5.74, 6) is -0.308.